The van der Waals surface area contributed by atoms with Gasteiger partial charge in [0.2, 0.25) is 0 Å². The van der Waals surface area contributed by atoms with Gasteiger partial charge in [0.15, 0.2) is 0 Å². The van der Waals surface area contributed by atoms with Gasteiger partial charge in [-0.2, -0.15) is 4.89 Å². The Morgan fingerprint density at radius 3 is 2.00 bits per heavy atom. The topological polar surface area (TPSA) is 76.0 Å². The maximum atomic E-state index is 10.2. The van der Waals surface area contributed by atoms with Crippen molar-refractivity contribution in [1.82, 2.24) is 0 Å². The molecule has 0 radical (unpaired) electrons. The summed E-state index contributed by atoms with van der Waals surface area (Å²) in [6, 6.07) is 0. The van der Waals surface area contributed by atoms with E-state index in [1.807, 2.05) is 0 Å². The fourth-order valence-corrected chi connectivity index (χ4v) is 0.184. The number of hydrogen-bond acceptors (Lipinski definition) is 5. The highest BCUT2D eigenvalue weighted by Gasteiger charge is 1.95. The lowest BCUT2D eigenvalue weighted by molar-refractivity contribution is -0.269. The minimum Gasteiger partial charge on any atom is -0.394 e. The van der Waals surface area contributed by atoms with Crippen molar-refractivity contribution in [1.29, 1.82) is 0 Å². The summed E-state index contributed by atoms with van der Waals surface area (Å²) in [7, 11) is 0. The minimum atomic E-state index is -0.327. The molecule has 0 unspecified atom stereocenters. The Morgan fingerprint density at radius 1 is 1.25 bits per heavy atom. The fourth-order valence-electron chi connectivity index (χ4n) is 0.184. The first-order valence-electron chi connectivity index (χ1n) is 3.76. The molecule has 0 aliphatic heterocycles. The Balaban J connectivity index is 0. The quantitative estimate of drug-likeness (QED) is 0.465. The van der Waals surface area contributed by atoms with Crippen LogP contribution in [0.1, 0.15) is 20.3 Å². The zero-order chi connectivity index (χ0) is 9.82. The lowest BCUT2D eigenvalue weighted by Gasteiger charge is -1.95. The van der Waals surface area contributed by atoms with Crippen molar-refractivity contribution < 1.29 is 24.8 Å². The number of hydrogen-bond donors (Lipinski definition) is 2. The van der Waals surface area contributed by atoms with Crippen LogP contribution in [0.2, 0.25) is 0 Å². The molecule has 0 aliphatic rings. The fraction of sp³-hybridized carbons (Fsp3) is 0.857. The van der Waals surface area contributed by atoms with Gasteiger partial charge in [-0.05, 0) is 6.92 Å². The second-order valence-corrected chi connectivity index (χ2v) is 1.66. The van der Waals surface area contributed by atoms with Gasteiger partial charge in [0.1, 0.15) is 0 Å². The highest BCUT2D eigenvalue weighted by Crippen LogP contribution is 1.83. The Labute approximate surface area is 71.8 Å². The summed E-state index contributed by atoms with van der Waals surface area (Å²) in [5.74, 6) is -0.327. The lowest BCUT2D eigenvalue weighted by atomic mass is 10.5. The third kappa shape index (κ3) is 16.2. The van der Waals surface area contributed by atoms with E-state index >= 15 is 0 Å². The van der Waals surface area contributed by atoms with Gasteiger partial charge in [0.05, 0.1) is 19.8 Å². The van der Waals surface area contributed by atoms with Crippen LogP contribution in [0, 0.1) is 0 Å². The molecule has 0 aliphatic carbocycles. The number of aliphatic hydroxyl groups excluding tert-OH is 2. The third-order valence-corrected chi connectivity index (χ3v) is 0.658. The van der Waals surface area contributed by atoms with E-state index in [0.717, 1.165) is 0 Å². The average molecular weight is 180 g/mol. The van der Waals surface area contributed by atoms with Crippen LogP contribution in [-0.4, -0.2) is 36.0 Å². The van der Waals surface area contributed by atoms with E-state index in [1.54, 1.807) is 13.8 Å². The molecule has 0 atom stereocenters. The molecule has 0 aromatic heterocycles. The summed E-state index contributed by atoms with van der Waals surface area (Å²) in [6.07, 6.45) is 0.361. The molecule has 5 nitrogen and oxygen atoms in total. The van der Waals surface area contributed by atoms with Gasteiger partial charge in [-0.15, -0.1) is 0 Å². The minimum absolute atomic E-state index is 0.125. The van der Waals surface area contributed by atoms with Crippen molar-refractivity contribution in [2.75, 3.05) is 19.8 Å². The molecule has 0 rings (SSSR count). The summed E-state index contributed by atoms with van der Waals surface area (Å²) in [5, 5.41) is 15.2. The normalized spacial score (nSPS) is 8.33. The molecular formula is C7H16O5. The van der Waals surface area contributed by atoms with Gasteiger partial charge in [-0.1, -0.05) is 6.92 Å². The van der Waals surface area contributed by atoms with E-state index in [4.69, 9.17) is 10.2 Å². The number of carbonyl (C=O) groups is 1. The molecule has 0 amide bonds. The van der Waals surface area contributed by atoms with Crippen LogP contribution in [0.25, 0.3) is 0 Å². The maximum absolute atomic E-state index is 10.2. The maximum Gasteiger partial charge on any atom is 0.342 e. The molecule has 0 fully saturated rings. The molecule has 0 saturated carbocycles. The highest BCUT2D eigenvalue weighted by molar-refractivity contribution is 5.68. The van der Waals surface area contributed by atoms with Crippen LogP contribution in [0.4, 0.5) is 0 Å². The molecule has 0 bridgehead atoms. The van der Waals surface area contributed by atoms with E-state index in [2.05, 4.69) is 9.78 Å². The Bertz CT molecular complexity index is 91.8. The first-order chi connectivity index (χ1) is 5.72. The van der Waals surface area contributed by atoms with Crippen molar-refractivity contribution in [3.05, 3.63) is 0 Å². The molecule has 2 N–H and O–H groups in total. The predicted molar refractivity (Wildman–Crippen MR) is 42.2 cm³/mol. The second-order valence-electron chi connectivity index (χ2n) is 1.66. The first kappa shape index (κ1) is 13.9. The van der Waals surface area contributed by atoms with Gasteiger partial charge in [-0.25, -0.2) is 4.79 Å². The number of carbonyl (C=O) groups excluding carboxylic acids is 1. The van der Waals surface area contributed by atoms with Crippen LogP contribution >= 0.6 is 0 Å². The second kappa shape index (κ2) is 13.0. The van der Waals surface area contributed by atoms with E-state index in [9.17, 15) is 4.79 Å². The van der Waals surface area contributed by atoms with E-state index in [1.165, 1.54) is 0 Å². The molecule has 0 spiro atoms. The lowest BCUT2D eigenvalue weighted by Crippen LogP contribution is -2.02. The van der Waals surface area contributed by atoms with Crippen LogP contribution < -0.4 is 0 Å². The van der Waals surface area contributed by atoms with Gasteiger partial charge in [0.25, 0.3) is 0 Å². The SMILES string of the molecule is CCOOC(=O)CC.OCCO. The molecule has 0 aromatic carbocycles. The zero-order valence-electron chi connectivity index (χ0n) is 7.45. The number of rotatable bonds is 4. The Hall–Kier alpha value is -0.650. The summed E-state index contributed by atoms with van der Waals surface area (Å²) in [5.41, 5.74) is 0. The summed E-state index contributed by atoms with van der Waals surface area (Å²) in [4.78, 5) is 18.8. The largest absolute Gasteiger partial charge is 0.394 e. The molecule has 0 saturated heterocycles. The predicted octanol–water partition coefficient (Wildman–Crippen LogP) is -0.138. The summed E-state index contributed by atoms with van der Waals surface area (Å²) in [6.45, 7) is 3.62. The molecule has 12 heavy (non-hydrogen) atoms. The van der Waals surface area contributed by atoms with Crippen molar-refractivity contribution in [3.63, 3.8) is 0 Å². The molecule has 74 valence electrons. The van der Waals surface area contributed by atoms with Gasteiger partial charge in [0, 0.05) is 6.42 Å². The van der Waals surface area contributed by atoms with Crippen molar-refractivity contribution in [3.8, 4) is 0 Å². The van der Waals surface area contributed by atoms with Crippen molar-refractivity contribution in [2.24, 2.45) is 0 Å². The molecule has 0 heterocycles. The number of aliphatic hydroxyl groups is 2. The summed E-state index contributed by atoms with van der Waals surface area (Å²) >= 11 is 0. The van der Waals surface area contributed by atoms with E-state index < -0.39 is 0 Å². The average Bonchev–Trinajstić information content (AvgIpc) is 2.14. The van der Waals surface area contributed by atoms with Crippen LogP contribution in [0.15, 0.2) is 0 Å². The van der Waals surface area contributed by atoms with Gasteiger partial charge < -0.3 is 10.2 Å². The summed E-state index contributed by atoms with van der Waals surface area (Å²) < 4.78 is 0. The van der Waals surface area contributed by atoms with E-state index in [-0.39, 0.29) is 19.2 Å². The molecule has 0 aromatic rings. The van der Waals surface area contributed by atoms with Gasteiger partial charge >= 0.3 is 5.97 Å². The molecule has 5 heteroatoms. The Kier molecular flexibility index (Phi) is 15.0. The van der Waals surface area contributed by atoms with Crippen molar-refractivity contribution >= 4 is 5.97 Å². The van der Waals surface area contributed by atoms with Crippen LogP contribution in [0.5, 0.6) is 0 Å². The highest BCUT2D eigenvalue weighted by atomic mass is 17.2. The monoisotopic (exact) mass is 180 g/mol. The zero-order valence-corrected chi connectivity index (χ0v) is 7.45. The van der Waals surface area contributed by atoms with E-state index in [0.29, 0.717) is 13.0 Å². The van der Waals surface area contributed by atoms with Gasteiger partial charge in [-0.3, -0.25) is 4.89 Å². The van der Waals surface area contributed by atoms with Crippen LogP contribution in [0.3, 0.4) is 0 Å². The molecular weight excluding hydrogens is 164 g/mol. The van der Waals surface area contributed by atoms with Crippen molar-refractivity contribution in [2.45, 2.75) is 20.3 Å². The smallest absolute Gasteiger partial charge is 0.342 e. The Morgan fingerprint density at radius 2 is 1.75 bits per heavy atom. The third-order valence-electron chi connectivity index (χ3n) is 0.658. The first-order valence-corrected chi connectivity index (χ1v) is 3.76. The van der Waals surface area contributed by atoms with Crippen LogP contribution in [-0.2, 0) is 14.6 Å². The standard InChI is InChI=1S/C5H10O3.C2H6O2/c1-3-5(6)8-7-4-2;3-1-2-4/h3-4H2,1-2H3;3-4H,1-2H2.